The fourth-order valence-electron chi connectivity index (χ4n) is 3.38. The van der Waals surface area contributed by atoms with E-state index in [0.29, 0.717) is 30.9 Å². The zero-order valence-corrected chi connectivity index (χ0v) is 16.6. The summed E-state index contributed by atoms with van der Waals surface area (Å²) in [6.45, 7) is 2.76. The zero-order valence-electron chi connectivity index (χ0n) is 15.8. The van der Waals surface area contributed by atoms with Crippen LogP contribution in [0.1, 0.15) is 32.1 Å². The minimum Gasteiger partial charge on any atom is -0.383 e. The number of rotatable bonds is 4. The number of anilines is 2. The molecular formula is C21H21N5O2S. The smallest absolute Gasteiger partial charge is 0.263 e. The topological polar surface area (TPSA) is 92.4 Å². The summed E-state index contributed by atoms with van der Waals surface area (Å²) < 4.78 is 0. The van der Waals surface area contributed by atoms with Gasteiger partial charge < -0.3 is 15.5 Å². The Hall–Kier alpha value is -3.26. The summed E-state index contributed by atoms with van der Waals surface area (Å²) in [5.41, 5.74) is 6.52. The van der Waals surface area contributed by atoms with Gasteiger partial charge in [0.05, 0.1) is 10.4 Å². The number of hydrogen-bond acceptors (Lipinski definition) is 7. The summed E-state index contributed by atoms with van der Waals surface area (Å²) in [6.07, 6.45) is 2.39. The van der Waals surface area contributed by atoms with Crippen LogP contribution in [0, 0.1) is 0 Å². The van der Waals surface area contributed by atoms with E-state index >= 15 is 0 Å². The molecule has 7 nitrogen and oxygen atoms in total. The lowest BCUT2D eigenvalue weighted by molar-refractivity contribution is 0.0771. The van der Waals surface area contributed by atoms with Gasteiger partial charge in [-0.25, -0.2) is 9.97 Å². The van der Waals surface area contributed by atoms with Crippen molar-refractivity contribution >= 4 is 34.7 Å². The second kappa shape index (κ2) is 8.40. The van der Waals surface area contributed by atoms with E-state index in [1.165, 1.54) is 11.3 Å². The Morgan fingerprint density at radius 3 is 2.69 bits per heavy atom. The molecule has 3 aromatic heterocycles. The van der Waals surface area contributed by atoms with Crippen molar-refractivity contribution in [3.63, 3.8) is 0 Å². The summed E-state index contributed by atoms with van der Waals surface area (Å²) >= 11 is 1.46. The van der Waals surface area contributed by atoms with Gasteiger partial charge in [-0.2, -0.15) is 0 Å². The van der Waals surface area contributed by atoms with E-state index < -0.39 is 0 Å². The standard InChI is InChI=1S/C21H21N5O2S/c22-20-15(5-2-9-23-20)19(27)16-6-1-8-18(24-16)25-10-4-11-26(13-12-25)21(28)17-7-3-14-29-17/h1-3,5-9,14H,4,10-13H2,(H2,22,23). The van der Waals surface area contributed by atoms with Gasteiger partial charge in [0.1, 0.15) is 17.3 Å². The fraction of sp³-hybridized carbons (Fsp3) is 0.238. The first-order valence-electron chi connectivity index (χ1n) is 9.43. The van der Waals surface area contributed by atoms with Gasteiger partial charge in [0.25, 0.3) is 5.91 Å². The Morgan fingerprint density at radius 1 is 1.00 bits per heavy atom. The maximum Gasteiger partial charge on any atom is 0.263 e. The summed E-state index contributed by atoms with van der Waals surface area (Å²) in [6, 6.07) is 12.5. The Bertz CT molecular complexity index is 1020. The number of pyridine rings is 2. The van der Waals surface area contributed by atoms with E-state index in [9.17, 15) is 9.59 Å². The molecule has 148 valence electrons. The van der Waals surface area contributed by atoms with Crippen LogP contribution < -0.4 is 10.6 Å². The van der Waals surface area contributed by atoms with E-state index in [-0.39, 0.29) is 17.5 Å². The van der Waals surface area contributed by atoms with E-state index in [4.69, 9.17) is 5.73 Å². The predicted molar refractivity (Wildman–Crippen MR) is 113 cm³/mol. The van der Waals surface area contributed by atoms with E-state index in [0.717, 1.165) is 23.7 Å². The number of hydrogen-bond donors (Lipinski definition) is 1. The quantitative estimate of drug-likeness (QED) is 0.669. The van der Waals surface area contributed by atoms with Gasteiger partial charge >= 0.3 is 0 Å². The maximum absolute atomic E-state index is 12.8. The fourth-order valence-corrected chi connectivity index (χ4v) is 4.07. The number of amides is 1. The third kappa shape index (κ3) is 4.12. The minimum atomic E-state index is -0.248. The molecule has 1 aliphatic heterocycles. The van der Waals surface area contributed by atoms with Gasteiger partial charge in [-0.3, -0.25) is 9.59 Å². The number of nitrogens with zero attached hydrogens (tertiary/aromatic N) is 4. The Morgan fingerprint density at radius 2 is 1.90 bits per heavy atom. The summed E-state index contributed by atoms with van der Waals surface area (Å²) in [7, 11) is 0. The summed E-state index contributed by atoms with van der Waals surface area (Å²) in [4.78, 5) is 38.7. The van der Waals surface area contributed by atoms with Crippen LogP contribution in [0.5, 0.6) is 0 Å². The molecule has 1 amide bonds. The largest absolute Gasteiger partial charge is 0.383 e. The van der Waals surface area contributed by atoms with E-state index in [1.54, 1.807) is 24.4 Å². The normalized spacial score (nSPS) is 14.5. The Kier molecular flexibility index (Phi) is 5.53. The highest BCUT2D eigenvalue weighted by atomic mass is 32.1. The number of ketones is 1. The third-order valence-corrected chi connectivity index (χ3v) is 5.75. The van der Waals surface area contributed by atoms with Crippen molar-refractivity contribution in [1.29, 1.82) is 0 Å². The zero-order chi connectivity index (χ0) is 20.2. The summed E-state index contributed by atoms with van der Waals surface area (Å²) in [5.74, 6) is 0.749. The number of carbonyl (C=O) groups is 2. The first-order valence-corrected chi connectivity index (χ1v) is 10.3. The molecule has 2 N–H and O–H groups in total. The van der Waals surface area contributed by atoms with Crippen LogP contribution >= 0.6 is 11.3 Å². The van der Waals surface area contributed by atoms with Crippen LogP contribution in [0.15, 0.2) is 54.0 Å². The molecular weight excluding hydrogens is 386 g/mol. The lowest BCUT2D eigenvalue weighted by atomic mass is 10.1. The van der Waals surface area contributed by atoms with Crippen molar-refractivity contribution in [2.45, 2.75) is 6.42 Å². The average molecular weight is 407 g/mol. The SMILES string of the molecule is Nc1ncccc1C(=O)c1cccc(N2CCCN(C(=O)c3cccs3)CC2)n1. The first-order chi connectivity index (χ1) is 14.1. The van der Waals surface area contributed by atoms with Crippen molar-refractivity contribution in [3.8, 4) is 0 Å². The Labute approximate surface area is 172 Å². The van der Waals surface area contributed by atoms with Crippen LogP contribution in [-0.2, 0) is 0 Å². The van der Waals surface area contributed by atoms with Crippen LogP contribution in [0.4, 0.5) is 11.6 Å². The number of nitrogens with two attached hydrogens (primary N) is 1. The molecule has 0 atom stereocenters. The molecule has 29 heavy (non-hydrogen) atoms. The van der Waals surface area contributed by atoms with Crippen molar-refractivity contribution < 1.29 is 9.59 Å². The van der Waals surface area contributed by atoms with Gasteiger partial charge in [0, 0.05) is 32.4 Å². The van der Waals surface area contributed by atoms with E-state index in [1.807, 2.05) is 34.5 Å². The van der Waals surface area contributed by atoms with Gasteiger partial charge in [-0.15, -0.1) is 11.3 Å². The van der Waals surface area contributed by atoms with Crippen molar-refractivity contribution in [2.24, 2.45) is 0 Å². The molecule has 0 bridgehead atoms. The molecule has 1 aliphatic rings. The maximum atomic E-state index is 12.8. The second-order valence-corrected chi connectivity index (χ2v) is 7.70. The monoisotopic (exact) mass is 407 g/mol. The van der Waals surface area contributed by atoms with Gasteiger partial charge in [0.2, 0.25) is 5.78 Å². The predicted octanol–water partition coefficient (Wildman–Crippen LogP) is 2.70. The number of carbonyl (C=O) groups excluding carboxylic acids is 2. The molecule has 3 aromatic rings. The molecule has 0 saturated carbocycles. The van der Waals surface area contributed by atoms with Gasteiger partial charge in [0.15, 0.2) is 0 Å². The molecule has 0 aromatic carbocycles. The average Bonchev–Trinajstić information content (AvgIpc) is 3.18. The minimum absolute atomic E-state index is 0.0748. The molecule has 0 unspecified atom stereocenters. The van der Waals surface area contributed by atoms with Crippen LogP contribution in [-0.4, -0.2) is 52.7 Å². The number of thiophene rings is 1. The third-order valence-electron chi connectivity index (χ3n) is 4.89. The van der Waals surface area contributed by atoms with Crippen molar-refractivity contribution in [2.75, 3.05) is 36.8 Å². The van der Waals surface area contributed by atoms with Crippen molar-refractivity contribution in [3.05, 3.63) is 70.2 Å². The lowest BCUT2D eigenvalue weighted by Crippen LogP contribution is -2.35. The number of nitrogen functional groups attached to an aromatic ring is 1. The van der Waals surface area contributed by atoms with Crippen LogP contribution in [0.25, 0.3) is 0 Å². The molecule has 4 rings (SSSR count). The molecule has 8 heteroatoms. The van der Waals surface area contributed by atoms with Crippen LogP contribution in [0.2, 0.25) is 0 Å². The van der Waals surface area contributed by atoms with E-state index in [2.05, 4.69) is 14.9 Å². The molecule has 0 aliphatic carbocycles. The lowest BCUT2D eigenvalue weighted by Gasteiger charge is -2.23. The molecule has 0 radical (unpaired) electrons. The highest BCUT2D eigenvalue weighted by Gasteiger charge is 2.22. The summed E-state index contributed by atoms with van der Waals surface area (Å²) in [5, 5.41) is 1.92. The molecule has 1 saturated heterocycles. The molecule has 1 fully saturated rings. The van der Waals surface area contributed by atoms with Crippen LogP contribution in [0.3, 0.4) is 0 Å². The highest BCUT2D eigenvalue weighted by molar-refractivity contribution is 7.12. The molecule has 0 spiro atoms. The van der Waals surface area contributed by atoms with Gasteiger partial charge in [-0.05, 0) is 42.1 Å². The number of aromatic nitrogens is 2. The highest BCUT2D eigenvalue weighted by Crippen LogP contribution is 2.19. The Balaban J connectivity index is 1.49. The van der Waals surface area contributed by atoms with Gasteiger partial charge in [-0.1, -0.05) is 12.1 Å². The molecule has 4 heterocycles. The first kappa shape index (κ1) is 19.1. The second-order valence-electron chi connectivity index (χ2n) is 6.76. The van der Waals surface area contributed by atoms with Crippen molar-refractivity contribution in [1.82, 2.24) is 14.9 Å².